The fourth-order valence-electron chi connectivity index (χ4n) is 1.95. The van der Waals surface area contributed by atoms with E-state index in [0.717, 1.165) is 8.95 Å². The molecule has 1 unspecified atom stereocenters. The Labute approximate surface area is 134 Å². The SMILES string of the molecule is O=C(COc1ccc(Br)cc1Br)N1CCOCC1CO. The molecule has 1 atom stereocenters. The lowest BCUT2D eigenvalue weighted by atomic mass is 10.2. The highest BCUT2D eigenvalue weighted by atomic mass is 79.9. The van der Waals surface area contributed by atoms with Gasteiger partial charge in [0.25, 0.3) is 5.91 Å². The van der Waals surface area contributed by atoms with E-state index in [2.05, 4.69) is 31.9 Å². The van der Waals surface area contributed by atoms with Gasteiger partial charge in [0.1, 0.15) is 5.75 Å². The highest BCUT2D eigenvalue weighted by Gasteiger charge is 2.26. The fraction of sp³-hybridized carbons (Fsp3) is 0.462. The third-order valence-corrected chi connectivity index (χ3v) is 4.12. The zero-order chi connectivity index (χ0) is 14.5. The van der Waals surface area contributed by atoms with Crippen molar-refractivity contribution in [2.45, 2.75) is 6.04 Å². The van der Waals surface area contributed by atoms with Gasteiger partial charge in [-0.15, -0.1) is 0 Å². The number of carbonyl (C=O) groups is 1. The number of halogens is 2. The average Bonchev–Trinajstić information content (AvgIpc) is 2.46. The van der Waals surface area contributed by atoms with Crippen LogP contribution in [0.25, 0.3) is 0 Å². The molecule has 110 valence electrons. The maximum atomic E-state index is 12.1. The van der Waals surface area contributed by atoms with Crippen molar-refractivity contribution in [3.05, 3.63) is 27.1 Å². The highest BCUT2D eigenvalue weighted by molar-refractivity contribution is 9.11. The van der Waals surface area contributed by atoms with Crippen LogP contribution in [0.1, 0.15) is 0 Å². The van der Waals surface area contributed by atoms with Crippen molar-refractivity contribution in [2.75, 3.05) is 33.0 Å². The first-order valence-corrected chi connectivity index (χ1v) is 7.76. The molecule has 1 saturated heterocycles. The number of hydrogen-bond donors (Lipinski definition) is 1. The van der Waals surface area contributed by atoms with E-state index in [1.165, 1.54) is 0 Å². The molecule has 0 aliphatic carbocycles. The Kier molecular flexibility index (Phi) is 5.83. The van der Waals surface area contributed by atoms with Crippen LogP contribution < -0.4 is 4.74 Å². The van der Waals surface area contributed by atoms with E-state index in [1.54, 1.807) is 11.0 Å². The fourth-order valence-corrected chi connectivity index (χ4v) is 3.11. The zero-order valence-corrected chi connectivity index (χ0v) is 13.9. The Balaban J connectivity index is 1.94. The van der Waals surface area contributed by atoms with E-state index >= 15 is 0 Å². The molecular weight excluding hydrogens is 394 g/mol. The predicted molar refractivity (Wildman–Crippen MR) is 80.7 cm³/mol. The Morgan fingerprint density at radius 3 is 3.00 bits per heavy atom. The van der Waals surface area contributed by atoms with Gasteiger partial charge in [0, 0.05) is 11.0 Å². The lowest BCUT2D eigenvalue weighted by Crippen LogP contribution is -2.51. The maximum Gasteiger partial charge on any atom is 0.260 e. The Morgan fingerprint density at radius 1 is 1.50 bits per heavy atom. The number of benzene rings is 1. The molecule has 1 heterocycles. The van der Waals surface area contributed by atoms with Gasteiger partial charge in [0.2, 0.25) is 0 Å². The summed E-state index contributed by atoms with van der Waals surface area (Å²) in [7, 11) is 0. The van der Waals surface area contributed by atoms with E-state index in [0.29, 0.717) is 25.5 Å². The van der Waals surface area contributed by atoms with Gasteiger partial charge in [-0.2, -0.15) is 0 Å². The van der Waals surface area contributed by atoms with E-state index in [-0.39, 0.29) is 25.2 Å². The van der Waals surface area contributed by atoms with Crippen LogP contribution in [0.2, 0.25) is 0 Å². The number of aliphatic hydroxyl groups excluding tert-OH is 1. The maximum absolute atomic E-state index is 12.1. The van der Waals surface area contributed by atoms with Crippen LogP contribution in [-0.4, -0.2) is 54.9 Å². The molecule has 2 rings (SSSR count). The van der Waals surface area contributed by atoms with Gasteiger partial charge >= 0.3 is 0 Å². The monoisotopic (exact) mass is 407 g/mol. The molecule has 1 amide bonds. The minimum absolute atomic E-state index is 0.0588. The predicted octanol–water partition coefficient (Wildman–Crippen LogP) is 1.81. The topological polar surface area (TPSA) is 59.0 Å². The number of morpholine rings is 1. The minimum Gasteiger partial charge on any atom is -0.483 e. The number of amides is 1. The van der Waals surface area contributed by atoms with E-state index in [1.807, 2.05) is 12.1 Å². The first-order valence-electron chi connectivity index (χ1n) is 6.17. The first kappa shape index (κ1) is 15.8. The summed E-state index contributed by atoms with van der Waals surface area (Å²) >= 11 is 6.73. The molecule has 0 bridgehead atoms. The normalized spacial score (nSPS) is 18.9. The summed E-state index contributed by atoms with van der Waals surface area (Å²) in [6.45, 7) is 1.17. The molecular formula is C13H15Br2NO4. The highest BCUT2D eigenvalue weighted by Crippen LogP contribution is 2.28. The van der Waals surface area contributed by atoms with Gasteiger partial charge in [-0.25, -0.2) is 0 Å². The zero-order valence-electron chi connectivity index (χ0n) is 10.7. The number of carbonyl (C=O) groups excluding carboxylic acids is 1. The number of aliphatic hydroxyl groups is 1. The van der Waals surface area contributed by atoms with Crippen LogP contribution in [0, 0.1) is 0 Å². The Bertz CT molecular complexity index is 483. The van der Waals surface area contributed by atoms with Crippen molar-refractivity contribution >= 4 is 37.8 Å². The molecule has 5 nitrogen and oxygen atoms in total. The summed E-state index contributed by atoms with van der Waals surface area (Å²) in [6, 6.07) is 5.19. The van der Waals surface area contributed by atoms with Gasteiger partial charge in [0.15, 0.2) is 6.61 Å². The molecule has 1 aliphatic heterocycles. The van der Waals surface area contributed by atoms with E-state index in [4.69, 9.17) is 9.47 Å². The lowest BCUT2D eigenvalue weighted by Gasteiger charge is -2.34. The summed E-state index contributed by atoms with van der Waals surface area (Å²) in [5.41, 5.74) is 0. The van der Waals surface area contributed by atoms with Crippen LogP contribution >= 0.6 is 31.9 Å². The van der Waals surface area contributed by atoms with Crippen molar-refractivity contribution in [1.82, 2.24) is 4.90 Å². The van der Waals surface area contributed by atoms with Crippen LogP contribution in [-0.2, 0) is 9.53 Å². The molecule has 20 heavy (non-hydrogen) atoms. The van der Waals surface area contributed by atoms with Crippen molar-refractivity contribution in [2.24, 2.45) is 0 Å². The standard InChI is InChI=1S/C13H15Br2NO4/c14-9-1-2-12(11(15)5-9)20-8-13(18)16-3-4-19-7-10(16)6-17/h1-2,5,10,17H,3-4,6-8H2. The third kappa shape index (κ3) is 3.94. The molecule has 1 fully saturated rings. The second-order valence-electron chi connectivity index (χ2n) is 4.36. The summed E-state index contributed by atoms with van der Waals surface area (Å²) in [6.07, 6.45) is 0. The summed E-state index contributed by atoms with van der Waals surface area (Å²) in [5.74, 6) is 0.456. The third-order valence-electron chi connectivity index (χ3n) is 3.00. The number of rotatable bonds is 4. The number of hydrogen-bond acceptors (Lipinski definition) is 4. The molecule has 0 radical (unpaired) electrons. The van der Waals surface area contributed by atoms with Gasteiger partial charge in [-0.1, -0.05) is 15.9 Å². The molecule has 0 aromatic heterocycles. The van der Waals surface area contributed by atoms with Crippen molar-refractivity contribution in [3.63, 3.8) is 0 Å². The molecule has 7 heteroatoms. The van der Waals surface area contributed by atoms with Crippen LogP contribution in [0.3, 0.4) is 0 Å². The van der Waals surface area contributed by atoms with E-state index < -0.39 is 0 Å². The molecule has 1 aliphatic rings. The van der Waals surface area contributed by atoms with Crippen LogP contribution in [0.5, 0.6) is 5.75 Å². The second kappa shape index (κ2) is 7.40. The quantitative estimate of drug-likeness (QED) is 0.825. The summed E-state index contributed by atoms with van der Waals surface area (Å²) in [5, 5.41) is 9.24. The van der Waals surface area contributed by atoms with Gasteiger partial charge in [-0.05, 0) is 34.1 Å². The van der Waals surface area contributed by atoms with Crippen LogP contribution in [0.4, 0.5) is 0 Å². The molecule has 1 aromatic carbocycles. The van der Waals surface area contributed by atoms with Gasteiger partial charge in [-0.3, -0.25) is 4.79 Å². The smallest absolute Gasteiger partial charge is 0.260 e. The Morgan fingerprint density at radius 2 is 2.30 bits per heavy atom. The van der Waals surface area contributed by atoms with E-state index in [9.17, 15) is 9.90 Å². The van der Waals surface area contributed by atoms with Crippen molar-refractivity contribution in [1.29, 1.82) is 0 Å². The number of nitrogens with zero attached hydrogens (tertiary/aromatic N) is 1. The molecule has 0 spiro atoms. The Hall–Kier alpha value is -0.630. The molecule has 0 saturated carbocycles. The van der Waals surface area contributed by atoms with Crippen molar-refractivity contribution < 1.29 is 19.4 Å². The summed E-state index contributed by atoms with van der Waals surface area (Å²) in [4.78, 5) is 13.7. The molecule has 1 aromatic rings. The largest absolute Gasteiger partial charge is 0.483 e. The number of ether oxygens (including phenoxy) is 2. The van der Waals surface area contributed by atoms with Crippen molar-refractivity contribution in [3.8, 4) is 5.75 Å². The lowest BCUT2D eigenvalue weighted by molar-refractivity contribution is -0.143. The van der Waals surface area contributed by atoms with Gasteiger partial charge in [0.05, 0.1) is 30.3 Å². The first-order chi connectivity index (χ1) is 9.61. The summed E-state index contributed by atoms with van der Waals surface area (Å²) < 4.78 is 12.5. The van der Waals surface area contributed by atoms with Gasteiger partial charge < -0.3 is 19.5 Å². The second-order valence-corrected chi connectivity index (χ2v) is 6.13. The van der Waals surface area contributed by atoms with Crippen LogP contribution in [0.15, 0.2) is 27.1 Å². The molecule has 1 N–H and O–H groups in total. The minimum atomic E-state index is -0.284. The average molecular weight is 409 g/mol.